The number of rotatable bonds is 11. The molecule has 0 spiro atoms. The van der Waals surface area contributed by atoms with Crippen molar-refractivity contribution in [3.05, 3.63) is 35.9 Å². The molecule has 0 aliphatic carbocycles. The molecule has 0 aromatic heterocycles. The number of benzene rings is 1. The summed E-state index contributed by atoms with van der Waals surface area (Å²) in [4.78, 5) is 20.0. The SMILES string of the molecule is CCCCCCCCc1[c-]cccc1.O=C(O)CC(C(=O)O)S(=O)(=O)O.[Na+]. The summed E-state index contributed by atoms with van der Waals surface area (Å²) in [7, 11) is -4.84. The molecule has 0 radical (unpaired) electrons. The Morgan fingerprint density at radius 3 is 2.07 bits per heavy atom. The quantitative estimate of drug-likeness (QED) is 0.206. The van der Waals surface area contributed by atoms with Crippen LogP contribution in [-0.4, -0.2) is 40.4 Å². The van der Waals surface area contributed by atoms with E-state index in [9.17, 15) is 18.0 Å². The second-order valence-corrected chi connectivity index (χ2v) is 7.44. The van der Waals surface area contributed by atoms with Gasteiger partial charge in [0.2, 0.25) is 0 Å². The summed E-state index contributed by atoms with van der Waals surface area (Å²) in [6.07, 6.45) is 8.30. The molecule has 27 heavy (non-hydrogen) atoms. The van der Waals surface area contributed by atoms with Crippen molar-refractivity contribution in [2.45, 2.75) is 63.5 Å². The van der Waals surface area contributed by atoms with Gasteiger partial charge in [-0.1, -0.05) is 51.9 Å². The Morgan fingerprint density at radius 1 is 1.07 bits per heavy atom. The number of aryl methyl sites for hydroxylation is 1. The number of carboxylic acid groups (broad SMARTS) is 2. The normalized spacial score (nSPS) is 11.5. The largest absolute Gasteiger partial charge is 1.00 e. The third-order valence-corrected chi connectivity index (χ3v) is 4.66. The fourth-order valence-electron chi connectivity index (χ4n) is 2.16. The van der Waals surface area contributed by atoms with Gasteiger partial charge in [-0.2, -0.15) is 44.3 Å². The molecule has 1 rings (SSSR count). The predicted octanol–water partition coefficient (Wildman–Crippen LogP) is 0.196. The van der Waals surface area contributed by atoms with Gasteiger partial charge in [0.1, 0.15) is 0 Å². The van der Waals surface area contributed by atoms with Gasteiger partial charge < -0.3 is 10.2 Å². The zero-order chi connectivity index (χ0) is 20.0. The molecule has 3 N–H and O–H groups in total. The van der Waals surface area contributed by atoms with Gasteiger partial charge in [0.15, 0.2) is 5.25 Å². The summed E-state index contributed by atoms with van der Waals surface area (Å²) in [5.74, 6) is -3.50. The van der Waals surface area contributed by atoms with Crippen LogP contribution in [0, 0.1) is 6.07 Å². The zero-order valence-electron chi connectivity index (χ0n) is 15.9. The minimum absolute atomic E-state index is 0. The number of hydrogen-bond donors (Lipinski definition) is 3. The molecule has 0 saturated heterocycles. The molecule has 7 nitrogen and oxygen atoms in total. The summed E-state index contributed by atoms with van der Waals surface area (Å²) in [6, 6.07) is 11.6. The smallest absolute Gasteiger partial charge is 0.481 e. The van der Waals surface area contributed by atoms with Gasteiger partial charge in [0, 0.05) is 0 Å². The molecule has 1 unspecified atom stereocenters. The van der Waals surface area contributed by atoms with E-state index in [0.717, 1.165) is 0 Å². The van der Waals surface area contributed by atoms with Crippen molar-refractivity contribution in [2.24, 2.45) is 0 Å². The van der Waals surface area contributed by atoms with Gasteiger partial charge in [-0.3, -0.25) is 14.1 Å². The van der Waals surface area contributed by atoms with Crippen molar-refractivity contribution in [1.29, 1.82) is 0 Å². The number of hydrogen-bond acceptors (Lipinski definition) is 4. The number of unbranched alkanes of at least 4 members (excludes halogenated alkanes) is 5. The second kappa shape index (κ2) is 16.1. The van der Waals surface area contributed by atoms with E-state index >= 15 is 0 Å². The minimum Gasteiger partial charge on any atom is -0.481 e. The maximum atomic E-state index is 10.2. The minimum atomic E-state index is -4.84. The van der Waals surface area contributed by atoms with Crippen molar-refractivity contribution in [3.8, 4) is 0 Å². The van der Waals surface area contributed by atoms with Gasteiger partial charge in [-0.25, -0.2) is 0 Å². The fraction of sp³-hybridized carbons (Fsp3) is 0.556. The molecule has 148 valence electrons. The van der Waals surface area contributed by atoms with Crippen LogP contribution in [0.25, 0.3) is 0 Å². The van der Waals surface area contributed by atoms with Crippen LogP contribution in [0.15, 0.2) is 24.3 Å². The van der Waals surface area contributed by atoms with E-state index in [-0.39, 0.29) is 29.6 Å². The first-order chi connectivity index (χ1) is 12.2. The van der Waals surface area contributed by atoms with Crippen molar-refractivity contribution < 1.29 is 62.3 Å². The average molecular weight is 410 g/mol. The third kappa shape index (κ3) is 15.8. The number of carbonyl (C=O) groups is 2. The Hall–Kier alpha value is -0.930. The molecule has 0 aliphatic heterocycles. The Morgan fingerprint density at radius 2 is 1.67 bits per heavy atom. The molecule has 9 heteroatoms. The summed E-state index contributed by atoms with van der Waals surface area (Å²) < 4.78 is 28.7. The first kappa shape index (κ1) is 28.3. The molecule has 0 bridgehead atoms. The van der Waals surface area contributed by atoms with Crippen LogP contribution in [0.1, 0.15) is 57.4 Å². The van der Waals surface area contributed by atoms with Gasteiger partial charge in [-0.15, -0.1) is 0 Å². The third-order valence-electron chi connectivity index (χ3n) is 3.57. The van der Waals surface area contributed by atoms with E-state index in [1.807, 2.05) is 12.1 Å². The van der Waals surface area contributed by atoms with Crippen molar-refractivity contribution in [1.82, 2.24) is 0 Å². The van der Waals surface area contributed by atoms with Crippen LogP contribution in [0.2, 0.25) is 0 Å². The summed E-state index contributed by atoms with van der Waals surface area (Å²) in [5.41, 5.74) is 1.36. The van der Waals surface area contributed by atoms with E-state index in [0.29, 0.717) is 0 Å². The van der Waals surface area contributed by atoms with E-state index in [1.54, 1.807) is 0 Å². The van der Waals surface area contributed by atoms with Crippen molar-refractivity contribution in [2.75, 3.05) is 0 Å². The van der Waals surface area contributed by atoms with Crippen LogP contribution >= 0.6 is 0 Å². The fourth-order valence-corrected chi connectivity index (χ4v) is 2.77. The Labute approximate surface area is 183 Å². The molecule has 0 heterocycles. The monoisotopic (exact) mass is 410 g/mol. The van der Waals surface area contributed by atoms with E-state index in [4.69, 9.17) is 14.8 Å². The molecule has 0 aliphatic rings. The molecule has 1 atom stereocenters. The van der Waals surface area contributed by atoms with Crippen LogP contribution in [0.3, 0.4) is 0 Å². The summed E-state index contributed by atoms with van der Waals surface area (Å²) >= 11 is 0. The standard InChI is InChI=1S/C14H21.C4H6O7S.Na/c1-2-3-4-5-6-8-11-14-12-9-7-10-13-14;5-3(6)1-2(4(7)8)12(9,10)11;/h7,9-10,12H,2-6,8,11H2,1H3;2H,1H2,(H,5,6)(H,7,8)(H,9,10,11);/q-1;;+1. The van der Waals surface area contributed by atoms with Crippen LogP contribution in [-0.2, 0) is 26.1 Å². The van der Waals surface area contributed by atoms with E-state index < -0.39 is 33.7 Å². The van der Waals surface area contributed by atoms with Gasteiger partial charge >= 0.3 is 41.5 Å². The first-order valence-corrected chi connectivity index (χ1v) is 10.0. The Bertz CT molecular complexity index is 632. The molecule has 0 saturated carbocycles. The van der Waals surface area contributed by atoms with Gasteiger partial charge in [0.25, 0.3) is 10.1 Å². The Balaban J connectivity index is 0. The second-order valence-electron chi connectivity index (χ2n) is 5.85. The van der Waals surface area contributed by atoms with E-state index in [1.165, 1.54) is 50.5 Å². The van der Waals surface area contributed by atoms with Crippen LogP contribution in [0.5, 0.6) is 0 Å². The van der Waals surface area contributed by atoms with Crippen LogP contribution in [0.4, 0.5) is 0 Å². The van der Waals surface area contributed by atoms with Gasteiger partial charge in [0.05, 0.1) is 6.42 Å². The summed E-state index contributed by atoms with van der Waals surface area (Å²) in [6.45, 7) is 2.26. The van der Waals surface area contributed by atoms with Crippen molar-refractivity contribution in [3.63, 3.8) is 0 Å². The maximum absolute atomic E-state index is 10.2. The number of carboxylic acids is 2. The molecule has 1 aromatic rings. The predicted molar refractivity (Wildman–Crippen MR) is 97.6 cm³/mol. The van der Waals surface area contributed by atoms with Crippen molar-refractivity contribution >= 4 is 22.1 Å². The molecule has 1 aromatic carbocycles. The molecule has 0 amide bonds. The maximum Gasteiger partial charge on any atom is 1.00 e. The topological polar surface area (TPSA) is 129 Å². The number of aliphatic carboxylic acids is 2. The zero-order valence-corrected chi connectivity index (χ0v) is 18.7. The van der Waals surface area contributed by atoms with E-state index in [2.05, 4.69) is 25.1 Å². The molecular formula is C18H27NaO7S. The molecule has 0 fully saturated rings. The first-order valence-electron chi connectivity index (χ1n) is 8.55. The molecular weight excluding hydrogens is 383 g/mol. The Kier molecular flexibility index (Phi) is 16.8. The van der Waals surface area contributed by atoms with Gasteiger partial charge in [-0.05, 0) is 0 Å². The summed E-state index contributed by atoms with van der Waals surface area (Å²) in [5, 5.41) is 13.9. The van der Waals surface area contributed by atoms with Crippen LogP contribution < -0.4 is 29.6 Å². The average Bonchev–Trinajstić information content (AvgIpc) is 2.56.